The summed E-state index contributed by atoms with van der Waals surface area (Å²) in [5.74, 6) is 6.67. The van der Waals surface area contributed by atoms with Crippen molar-refractivity contribution >= 4 is 17.7 Å². The lowest BCUT2D eigenvalue weighted by Crippen LogP contribution is -2.49. The molecule has 0 aliphatic heterocycles. The van der Waals surface area contributed by atoms with Gasteiger partial charge in [-0.05, 0) is 12.8 Å². The SMILES string of the molecule is CC(C)(C)c1nnc(SCC(=O)NC2(C#N)CCCCC2)n1N. The standard InChI is InChI=1S/C15H24N6OS/c1-14(2,3)12-19-20-13(21(12)17)23-9-11(22)18-15(10-16)7-5-4-6-8-15/h4-9,17H2,1-3H3,(H,18,22). The van der Waals surface area contributed by atoms with Gasteiger partial charge in [-0.1, -0.05) is 51.8 Å². The number of hydrogen-bond donors (Lipinski definition) is 2. The molecule has 7 nitrogen and oxygen atoms in total. The second-order valence-corrected chi connectivity index (χ2v) is 7.96. The number of nitrogens with zero attached hydrogens (tertiary/aromatic N) is 4. The van der Waals surface area contributed by atoms with Crippen LogP contribution in [0, 0.1) is 11.3 Å². The summed E-state index contributed by atoms with van der Waals surface area (Å²) in [5, 5.41) is 20.9. The Labute approximate surface area is 141 Å². The Morgan fingerprint density at radius 1 is 1.39 bits per heavy atom. The van der Waals surface area contributed by atoms with Crippen LogP contribution in [0.15, 0.2) is 5.16 Å². The number of nitrogens with one attached hydrogen (secondary N) is 1. The van der Waals surface area contributed by atoms with Crippen molar-refractivity contribution in [1.82, 2.24) is 20.2 Å². The summed E-state index contributed by atoms with van der Waals surface area (Å²) < 4.78 is 1.43. The molecule has 23 heavy (non-hydrogen) atoms. The van der Waals surface area contributed by atoms with Crippen molar-refractivity contribution in [2.45, 2.75) is 69.0 Å². The molecular formula is C15H24N6OS. The molecule has 1 amide bonds. The number of thioether (sulfide) groups is 1. The molecule has 0 radical (unpaired) electrons. The highest BCUT2D eigenvalue weighted by Crippen LogP contribution is 2.28. The lowest BCUT2D eigenvalue weighted by molar-refractivity contribution is -0.120. The maximum absolute atomic E-state index is 12.2. The van der Waals surface area contributed by atoms with E-state index < -0.39 is 5.54 Å². The fourth-order valence-electron chi connectivity index (χ4n) is 2.74. The number of rotatable bonds is 4. The number of carbonyl (C=O) groups is 1. The van der Waals surface area contributed by atoms with Gasteiger partial charge in [-0.3, -0.25) is 4.79 Å². The van der Waals surface area contributed by atoms with E-state index in [4.69, 9.17) is 5.84 Å². The maximum Gasteiger partial charge on any atom is 0.231 e. The van der Waals surface area contributed by atoms with Crippen LogP contribution in [-0.4, -0.2) is 32.1 Å². The van der Waals surface area contributed by atoms with Crippen LogP contribution < -0.4 is 11.2 Å². The first-order valence-corrected chi connectivity index (χ1v) is 8.82. The quantitative estimate of drug-likeness (QED) is 0.640. The Balaban J connectivity index is 1.95. The van der Waals surface area contributed by atoms with Crippen LogP contribution in [0.25, 0.3) is 0 Å². The van der Waals surface area contributed by atoms with Crippen molar-refractivity contribution in [2.24, 2.45) is 0 Å². The molecule has 1 aromatic rings. The number of hydrogen-bond acceptors (Lipinski definition) is 6. The highest BCUT2D eigenvalue weighted by molar-refractivity contribution is 7.99. The van der Waals surface area contributed by atoms with Crippen LogP contribution in [0.4, 0.5) is 0 Å². The smallest absolute Gasteiger partial charge is 0.231 e. The Morgan fingerprint density at radius 2 is 2.04 bits per heavy atom. The molecule has 0 saturated heterocycles. The van der Waals surface area contributed by atoms with Crippen LogP contribution in [0.5, 0.6) is 0 Å². The molecular weight excluding hydrogens is 312 g/mol. The third-order valence-electron chi connectivity index (χ3n) is 3.97. The van der Waals surface area contributed by atoms with Gasteiger partial charge < -0.3 is 11.2 Å². The summed E-state index contributed by atoms with van der Waals surface area (Å²) in [6.07, 6.45) is 4.53. The van der Waals surface area contributed by atoms with Crippen molar-refractivity contribution in [3.8, 4) is 6.07 Å². The molecule has 2 rings (SSSR count). The number of nitrogens with two attached hydrogens (primary N) is 1. The summed E-state index contributed by atoms with van der Waals surface area (Å²) in [5.41, 5.74) is -0.918. The Hall–Kier alpha value is -1.75. The van der Waals surface area contributed by atoms with E-state index in [0.717, 1.165) is 32.1 Å². The van der Waals surface area contributed by atoms with Crippen molar-refractivity contribution in [3.05, 3.63) is 5.82 Å². The molecule has 8 heteroatoms. The molecule has 0 bridgehead atoms. The fraction of sp³-hybridized carbons (Fsp3) is 0.733. The third kappa shape index (κ3) is 4.16. The molecule has 1 aliphatic rings. The fourth-order valence-corrected chi connectivity index (χ4v) is 3.40. The zero-order valence-corrected chi connectivity index (χ0v) is 14.7. The largest absolute Gasteiger partial charge is 0.337 e. The van der Waals surface area contributed by atoms with E-state index >= 15 is 0 Å². The minimum atomic E-state index is -0.706. The number of amides is 1. The van der Waals surface area contributed by atoms with Gasteiger partial charge in [0.15, 0.2) is 5.82 Å². The molecule has 1 aliphatic carbocycles. The van der Waals surface area contributed by atoms with E-state index in [1.165, 1.54) is 16.4 Å². The Kier molecular flexibility index (Phi) is 5.19. The summed E-state index contributed by atoms with van der Waals surface area (Å²) >= 11 is 1.23. The molecule has 0 unspecified atom stereocenters. The summed E-state index contributed by atoms with van der Waals surface area (Å²) in [6.45, 7) is 6.00. The van der Waals surface area contributed by atoms with E-state index in [0.29, 0.717) is 11.0 Å². The predicted molar refractivity (Wildman–Crippen MR) is 89.2 cm³/mol. The van der Waals surface area contributed by atoms with E-state index in [2.05, 4.69) is 21.6 Å². The average Bonchev–Trinajstić information content (AvgIpc) is 2.87. The van der Waals surface area contributed by atoms with Gasteiger partial charge in [0.25, 0.3) is 0 Å². The predicted octanol–water partition coefficient (Wildman–Crippen LogP) is 1.72. The molecule has 1 saturated carbocycles. The lowest BCUT2D eigenvalue weighted by atomic mass is 9.83. The summed E-state index contributed by atoms with van der Waals surface area (Å²) in [7, 11) is 0. The van der Waals surface area contributed by atoms with Gasteiger partial charge >= 0.3 is 0 Å². The Bertz CT molecular complexity index is 606. The lowest BCUT2D eigenvalue weighted by Gasteiger charge is -2.31. The summed E-state index contributed by atoms with van der Waals surface area (Å²) in [4.78, 5) is 12.2. The van der Waals surface area contributed by atoms with Gasteiger partial charge in [0.05, 0.1) is 11.8 Å². The first kappa shape index (κ1) is 17.6. The van der Waals surface area contributed by atoms with Gasteiger partial charge in [-0.15, -0.1) is 10.2 Å². The van der Waals surface area contributed by atoms with E-state index in [9.17, 15) is 10.1 Å². The molecule has 0 aromatic carbocycles. The first-order valence-electron chi connectivity index (χ1n) is 7.83. The zero-order chi connectivity index (χ0) is 17.1. The van der Waals surface area contributed by atoms with Crippen molar-refractivity contribution in [2.75, 3.05) is 11.6 Å². The molecule has 0 atom stereocenters. The molecule has 3 N–H and O–H groups in total. The number of nitriles is 1. The zero-order valence-electron chi connectivity index (χ0n) is 13.9. The molecule has 126 valence electrons. The van der Waals surface area contributed by atoms with Gasteiger partial charge in [-0.2, -0.15) is 5.26 Å². The van der Waals surface area contributed by atoms with E-state index in [1.54, 1.807) is 0 Å². The van der Waals surface area contributed by atoms with Crippen LogP contribution in [0.2, 0.25) is 0 Å². The minimum absolute atomic E-state index is 0.168. The first-order chi connectivity index (χ1) is 10.8. The second kappa shape index (κ2) is 6.79. The number of aromatic nitrogens is 3. The van der Waals surface area contributed by atoms with Crippen LogP contribution in [-0.2, 0) is 10.2 Å². The normalized spacial score (nSPS) is 17.5. The average molecular weight is 336 g/mol. The topological polar surface area (TPSA) is 110 Å². The molecule has 0 spiro atoms. The maximum atomic E-state index is 12.2. The van der Waals surface area contributed by atoms with Crippen LogP contribution >= 0.6 is 11.8 Å². The second-order valence-electron chi connectivity index (χ2n) is 7.02. The number of nitrogen functional groups attached to an aromatic ring is 1. The van der Waals surface area contributed by atoms with Crippen LogP contribution in [0.1, 0.15) is 58.7 Å². The van der Waals surface area contributed by atoms with Crippen molar-refractivity contribution < 1.29 is 4.79 Å². The number of carbonyl (C=O) groups excluding carboxylic acids is 1. The van der Waals surface area contributed by atoms with Gasteiger partial charge in [0.1, 0.15) is 5.54 Å². The van der Waals surface area contributed by atoms with E-state index in [1.807, 2.05) is 20.8 Å². The molecule has 1 heterocycles. The molecule has 1 aromatic heterocycles. The third-order valence-corrected chi connectivity index (χ3v) is 4.91. The van der Waals surface area contributed by atoms with Gasteiger partial charge in [0, 0.05) is 5.41 Å². The highest BCUT2D eigenvalue weighted by Gasteiger charge is 2.33. The Morgan fingerprint density at radius 3 is 2.57 bits per heavy atom. The van der Waals surface area contributed by atoms with Crippen molar-refractivity contribution in [1.29, 1.82) is 5.26 Å². The van der Waals surface area contributed by atoms with Crippen molar-refractivity contribution in [3.63, 3.8) is 0 Å². The monoisotopic (exact) mass is 336 g/mol. The highest BCUT2D eigenvalue weighted by atomic mass is 32.2. The minimum Gasteiger partial charge on any atom is -0.337 e. The van der Waals surface area contributed by atoms with Crippen LogP contribution in [0.3, 0.4) is 0 Å². The van der Waals surface area contributed by atoms with Gasteiger partial charge in [0.2, 0.25) is 11.1 Å². The molecule has 1 fully saturated rings. The summed E-state index contributed by atoms with van der Waals surface area (Å²) in [6, 6.07) is 2.28. The van der Waals surface area contributed by atoms with Gasteiger partial charge in [-0.25, -0.2) is 4.68 Å². The van der Waals surface area contributed by atoms with E-state index in [-0.39, 0.29) is 17.1 Å².